The Morgan fingerprint density at radius 3 is 2.52 bits per heavy atom. The number of hydrogen-bond donors (Lipinski definition) is 1. The van der Waals surface area contributed by atoms with E-state index < -0.39 is 0 Å². The Hall–Kier alpha value is -1.62. The molecule has 0 saturated carbocycles. The maximum Gasteiger partial charge on any atom is 0.137 e. The zero-order chi connectivity index (χ0) is 15.6. The van der Waals surface area contributed by atoms with Crippen LogP contribution in [-0.4, -0.2) is 26.3 Å². The molecule has 114 valence electrons. The van der Waals surface area contributed by atoms with Gasteiger partial charge in [-0.1, -0.05) is 32.4 Å². The molecule has 1 N–H and O–H groups in total. The summed E-state index contributed by atoms with van der Waals surface area (Å²) in [5.41, 5.74) is 1.90. The van der Waals surface area contributed by atoms with Crippen molar-refractivity contribution in [2.24, 2.45) is 0 Å². The molecule has 2 heterocycles. The molecule has 0 aromatic carbocycles. The van der Waals surface area contributed by atoms with E-state index in [1.807, 2.05) is 30.9 Å². The summed E-state index contributed by atoms with van der Waals surface area (Å²) in [6.07, 6.45) is 3.87. The smallest absolute Gasteiger partial charge is 0.137 e. The van der Waals surface area contributed by atoms with Crippen LogP contribution in [0.2, 0.25) is 5.15 Å². The van der Waals surface area contributed by atoms with Gasteiger partial charge in [-0.15, -0.1) is 0 Å². The van der Waals surface area contributed by atoms with Crippen molar-refractivity contribution in [1.82, 2.24) is 19.7 Å². The molecule has 21 heavy (non-hydrogen) atoms. The Morgan fingerprint density at radius 2 is 1.95 bits per heavy atom. The van der Waals surface area contributed by atoms with Crippen molar-refractivity contribution in [2.45, 2.75) is 46.6 Å². The van der Waals surface area contributed by atoms with Crippen molar-refractivity contribution in [3.63, 3.8) is 0 Å². The fourth-order valence-corrected chi connectivity index (χ4v) is 2.04. The van der Waals surface area contributed by atoms with Crippen LogP contribution in [0.1, 0.15) is 37.7 Å². The molecule has 6 heteroatoms. The summed E-state index contributed by atoms with van der Waals surface area (Å²) < 4.78 is 1.91. The molecule has 0 amide bonds. The highest BCUT2D eigenvalue weighted by Crippen LogP contribution is 2.25. The number of anilines is 1. The molecule has 0 bridgehead atoms. The summed E-state index contributed by atoms with van der Waals surface area (Å²) in [6.45, 7) is 11.7. The van der Waals surface area contributed by atoms with Gasteiger partial charge in [0.25, 0.3) is 0 Å². The number of nitrogens with zero attached hydrogens (tertiary/aromatic N) is 4. The summed E-state index contributed by atoms with van der Waals surface area (Å²) >= 11 is 6.22. The second-order valence-corrected chi connectivity index (χ2v) is 6.63. The van der Waals surface area contributed by atoms with Crippen molar-refractivity contribution in [2.75, 3.05) is 11.9 Å². The number of aryl methyl sites for hydroxylation is 1. The molecular formula is C15H22ClN5. The van der Waals surface area contributed by atoms with Crippen LogP contribution in [0.25, 0.3) is 0 Å². The summed E-state index contributed by atoms with van der Waals surface area (Å²) in [4.78, 5) is 8.98. The van der Waals surface area contributed by atoms with Gasteiger partial charge in [-0.05, 0) is 19.4 Å². The third-order valence-corrected chi connectivity index (χ3v) is 3.52. The third-order valence-electron chi connectivity index (χ3n) is 3.15. The predicted octanol–water partition coefficient (Wildman–Crippen LogP) is 3.35. The Morgan fingerprint density at radius 1 is 1.24 bits per heavy atom. The minimum absolute atomic E-state index is 0.132. The lowest BCUT2D eigenvalue weighted by atomic mass is 9.95. The minimum atomic E-state index is -0.132. The van der Waals surface area contributed by atoms with Gasteiger partial charge in [0.15, 0.2) is 0 Å². The summed E-state index contributed by atoms with van der Waals surface area (Å²) in [5.74, 6) is 1.54. The van der Waals surface area contributed by atoms with E-state index in [0.717, 1.165) is 35.9 Å². The van der Waals surface area contributed by atoms with Gasteiger partial charge in [-0.2, -0.15) is 5.10 Å². The first kappa shape index (κ1) is 15.8. The molecule has 0 fully saturated rings. The molecule has 2 rings (SSSR count). The SMILES string of the molecule is Cc1cnn(CCNc2nc(C(C)(C)C)nc(Cl)c2C)c1. The molecular weight excluding hydrogens is 286 g/mol. The average molecular weight is 308 g/mol. The van der Waals surface area contributed by atoms with Crippen molar-refractivity contribution in [3.8, 4) is 0 Å². The third kappa shape index (κ3) is 3.94. The lowest BCUT2D eigenvalue weighted by Crippen LogP contribution is -2.19. The molecule has 0 saturated heterocycles. The van der Waals surface area contributed by atoms with E-state index in [2.05, 4.69) is 41.2 Å². The maximum absolute atomic E-state index is 6.22. The minimum Gasteiger partial charge on any atom is -0.368 e. The summed E-state index contributed by atoms with van der Waals surface area (Å²) in [5, 5.41) is 8.10. The summed E-state index contributed by atoms with van der Waals surface area (Å²) in [7, 11) is 0. The first-order valence-corrected chi connectivity index (χ1v) is 7.42. The normalized spacial score (nSPS) is 11.7. The molecule has 2 aromatic heterocycles. The predicted molar refractivity (Wildman–Crippen MR) is 85.9 cm³/mol. The molecule has 0 aliphatic rings. The van der Waals surface area contributed by atoms with Crippen molar-refractivity contribution >= 4 is 17.4 Å². The van der Waals surface area contributed by atoms with Crippen LogP contribution in [0.5, 0.6) is 0 Å². The van der Waals surface area contributed by atoms with Gasteiger partial charge in [0, 0.05) is 23.7 Å². The Balaban J connectivity index is 2.10. The van der Waals surface area contributed by atoms with Gasteiger partial charge >= 0.3 is 0 Å². The quantitative estimate of drug-likeness (QED) is 0.880. The van der Waals surface area contributed by atoms with Crippen LogP contribution < -0.4 is 5.32 Å². The van der Waals surface area contributed by atoms with Crippen LogP contribution >= 0.6 is 11.6 Å². The van der Waals surface area contributed by atoms with E-state index in [4.69, 9.17) is 11.6 Å². The lowest BCUT2D eigenvalue weighted by molar-refractivity contribution is 0.545. The van der Waals surface area contributed by atoms with Crippen molar-refractivity contribution in [3.05, 3.63) is 34.5 Å². The molecule has 5 nitrogen and oxygen atoms in total. The van der Waals surface area contributed by atoms with E-state index in [1.165, 1.54) is 0 Å². The first-order valence-electron chi connectivity index (χ1n) is 7.05. The van der Waals surface area contributed by atoms with Crippen LogP contribution in [-0.2, 0) is 12.0 Å². The number of hydrogen-bond acceptors (Lipinski definition) is 4. The van der Waals surface area contributed by atoms with Gasteiger partial charge in [-0.3, -0.25) is 4.68 Å². The second-order valence-electron chi connectivity index (χ2n) is 6.27. The van der Waals surface area contributed by atoms with Crippen molar-refractivity contribution < 1.29 is 0 Å². The molecule has 0 unspecified atom stereocenters. The zero-order valence-corrected chi connectivity index (χ0v) is 14.0. The van der Waals surface area contributed by atoms with Crippen molar-refractivity contribution in [1.29, 1.82) is 0 Å². The maximum atomic E-state index is 6.22. The Labute approximate surface area is 130 Å². The molecule has 0 aliphatic heterocycles. The highest BCUT2D eigenvalue weighted by atomic mass is 35.5. The Bertz CT molecular complexity index is 627. The fraction of sp³-hybridized carbons (Fsp3) is 0.533. The number of rotatable bonds is 4. The van der Waals surface area contributed by atoms with Gasteiger partial charge in [0.2, 0.25) is 0 Å². The van der Waals surface area contributed by atoms with E-state index in [9.17, 15) is 0 Å². The van der Waals surface area contributed by atoms with Gasteiger partial charge in [-0.25, -0.2) is 9.97 Å². The largest absolute Gasteiger partial charge is 0.368 e. The molecule has 0 aliphatic carbocycles. The average Bonchev–Trinajstić information content (AvgIpc) is 2.79. The molecule has 0 atom stereocenters. The van der Waals surface area contributed by atoms with E-state index >= 15 is 0 Å². The highest BCUT2D eigenvalue weighted by molar-refractivity contribution is 6.30. The van der Waals surface area contributed by atoms with Crippen LogP contribution in [0, 0.1) is 13.8 Å². The van der Waals surface area contributed by atoms with Crippen LogP contribution in [0.3, 0.4) is 0 Å². The molecule has 0 spiro atoms. The second kappa shape index (κ2) is 6.02. The number of halogens is 1. The van der Waals surface area contributed by atoms with E-state index in [-0.39, 0.29) is 5.41 Å². The van der Waals surface area contributed by atoms with Crippen LogP contribution in [0.15, 0.2) is 12.4 Å². The standard InChI is InChI=1S/C15H22ClN5/c1-10-8-18-21(9-10)7-6-17-13-11(2)12(16)19-14(20-13)15(3,4)5/h8-9H,6-7H2,1-5H3,(H,17,19,20). The van der Waals surface area contributed by atoms with Gasteiger partial charge in [0.05, 0.1) is 12.7 Å². The monoisotopic (exact) mass is 307 g/mol. The topological polar surface area (TPSA) is 55.6 Å². The zero-order valence-electron chi connectivity index (χ0n) is 13.2. The Kier molecular flexibility index (Phi) is 4.52. The van der Waals surface area contributed by atoms with Gasteiger partial charge in [0.1, 0.15) is 16.8 Å². The number of nitrogens with one attached hydrogen (secondary N) is 1. The first-order chi connectivity index (χ1) is 9.77. The van der Waals surface area contributed by atoms with E-state index in [0.29, 0.717) is 5.15 Å². The molecule has 2 aromatic rings. The number of aromatic nitrogens is 4. The van der Waals surface area contributed by atoms with Gasteiger partial charge < -0.3 is 5.32 Å². The van der Waals surface area contributed by atoms with E-state index in [1.54, 1.807) is 0 Å². The molecule has 0 radical (unpaired) electrons. The summed E-state index contributed by atoms with van der Waals surface area (Å²) in [6, 6.07) is 0. The highest BCUT2D eigenvalue weighted by Gasteiger charge is 2.20. The lowest BCUT2D eigenvalue weighted by Gasteiger charge is -2.19. The fourth-order valence-electron chi connectivity index (χ4n) is 1.87. The van der Waals surface area contributed by atoms with Crippen LogP contribution in [0.4, 0.5) is 5.82 Å².